The van der Waals surface area contributed by atoms with Gasteiger partial charge in [-0.15, -0.1) is 11.3 Å². The van der Waals surface area contributed by atoms with Crippen molar-refractivity contribution in [3.8, 4) is 0 Å². The fraction of sp³-hybridized carbons (Fsp3) is 0.389. The average molecular weight is 427 g/mol. The number of nitrogens with zero attached hydrogens (tertiary/aromatic N) is 1. The zero-order chi connectivity index (χ0) is 17.6. The lowest BCUT2D eigenvalue weighted by Gasteiger charge is -2.24. The maximum absolute atomic E-state index is 13.9. The minimum absolute atomic E-state index is 0.164. The Morgan fingerprint density at radius 3 is 3.00 bits per heavy atom. The molecule has 0 radical (unpaired) electrons. The van der Waals surface area contributed by atoms with Gasteiger partial charge in [-0.1, -0.05) is 22.0 Å². The fourth-order valence-electron chi connectivity index (χ4n) is 2.87. The molecule has 7 heteroatoms. The molecular weight excluding hydrogens is 407 g/mol. The van der Waals surface area contributed by atoms with Crippen molar-refractivity contribution < 1.29 is 13.9 Å². The molecule has 1 N–H and O–H groups in total. The molecule has 2 heterocycles. The molecule has 4 nitrogen and oxygen atoms in total. The minimum atomic E-state index is -0.452. The first-order valence-corrected chi connectivity index (χ1v) is 9.88. The first-order valence-electron chi connectivity index (χ1n) is 8.21. The number of amides is 1. The van der Waals surface area contributed by atoms with Crippen LogP contribution in [0.4, 0.5) is 10.1 Å². The normalized spacial score (nSPS) is 17.2. The van der Waals surface area contributed by atoms with Gasteiger partial charge in [0.25, 0.3) is 0 Å². The Hall–Kier alpha value is -1.28. The van der Waals surface area contributed by atoms with Gasteiger partial charge in [0.2, 0.25) is 5.91 Å². The van der Waals surface area contributed by atoms with Crippen LogP contribution >= 0.6 is 27.3 Å². The molecule has 3 rings (SSSR count). The van der Waals surface area contributed by atoms with Crippen LogP contribution in [0.2, 0.25) is 0 Å². The Morgan fingerprint density at radius 1 is 1.44 bits per heavy atom. The van der Waals surface area contributed by atoms with Crippen molar-refractivity contribution in [1.29, 1.82) is 0 Å². The highest BCUT2D eigenvalue weighted by Crippen LogP contribution is 2.20. The summed E-state index contributed by atoms with van der Waals surface area (Å²) in [5.74, 6) is -0.678. The lowest BCUT2D eigenvalue weighted by molar-refractivity contribution is -0.117. The van der Waals surface area contributed by atoms with Crippen molar-refractivity contribution in [2.45, 2.75) is 25.5 Å². The van der Waals surface area contributed by atoms with Crippen LogP contribution < -0.4 is 5.32 Å². The summed E-state index contributed by atoms with van der Waals surface area (Å²) in [6.07, 6.45) is 2.25. The Kier molecular flexibility index (Phi) is 6.58. The van der Waals surface area contributed by atoms with Crippen LogP contribution in [0.25, 0.3) is 0 Å². The van der Waals surface area contributed by atoms with Crippen LogP contribution in [0, 0.1) is 5.82 Å². The summed E-state index contributed by atoms with van der Waals surface area (Å²) in [5, 5.41) is 4.68. The van der Waals surface area contributed by atoms with Crippen LogP contribution in [0.3, 0.4) is 0 Å². The number of carbonyl (C=O) groups excluding carboxylic acids is 1. The second-order valence-electron chi connectivity index (χ2n) is 6.06. The summed E-state index contributed by atoms with van der Waals surface area (Å²) in [4.78, 5) is 15.7. The number of ether oxygens (including phenoxy) is 1. The van der Waals surface area contributed by atoms with Gasteiger partial charge in [0.15, 0.2) is 0 Å². The number of thiophene rings is 1. The summed E-state index contributed by atoms with van der Waals surface area (Å²) < 4.78 is 20.2. The van der Waals surface area contributed by atoms with E-state index >= 15 is 0 Å². The molecule has 0 unspecified atom stereocenters. The van der Waals surface area contributed by atoms with Crippen LogP contribution in [0.15, 0.2) is 40.2 Å². The molecular formula is C18H20BrFN2O2S. The third-order valence-corrected chi connectivity index (χ3v) is 5.37. The van der Waals surface area contributed by atoms with Crippen LogP contribution in [-0.2, 0) is 16.1 Å². The van der Waals surface area contributed by atoms with E-state index in [1.807, 2.05) is 11.4 Å². The van der Waals surface area contributed by atoms with Crippen molar-refractivity contribution in [3.05, 3.63) is 50.9 Å². The third-order valence-electron chi connectivity index (χ3n) is 4.02. The lowest BCUT2D eigenvalue weighted by Crippen LogP contribution is -2.37. The fourth-order valence-corrected chi connectivity index (χ4v) is 3.95. The zero-order valence-electron chi connectivity index (χ0n) is 13.7. The number of hydrogen-bond donors (Lipinski definition) is 1. The van der Waals surface area contributed by atoms with Gasteiger partial charge in [-0.2, -0.15) is 0 Å². The second kappa shape index (κ2) is 8.89. The SMILES string of the molecule is O=C(CN(Cc1cccs1)C[C@@H]1CCCO1)Nc1ccc(Br)cc1F. The monoisotopic (exact) mass is 426 g/mol. The third kappa shape index (κ3) is 5.60. The highest BCUT2D eigenvalue weighted by molar-refractivity contribution is 9.10. The second-order valence-corrected chi connectivity index (χ2v) is 8.00. The molecule has 1 aromatic carbocycles. The molecule has 1 aromatic heterocycles. The van der Waals surface area contributed by atoms with E-state index < -0.39 is 5.82 Å². The van der Waals surface area contributed by atoms with Crippen LogP contribution in [-0.4, -0.2) is 36.6 Å². The number of carbonyl (C=O) groups is 1. The Bertz CT molecular complexity index is 705. The van der Waals surface area contributed by atoms with E-state index in [-0.39, 0.29) is 24.2 Å². The predicted molar refractivity (Wildman–Crippen MR) is 101 cm³/mol. The number of benzene rings is 1. The molecule has 2 aromatic rings. The summed E-state index contributed by atoms with van der Waals surface area (Å²) in [6.45, 7) is 2.38. The van der Waals surface area contributed by atoms with Gasteiger partial charge in [-0.05, 0) is 42.5 Å². The van der Waals surface area contributed by atoms with E-state index in [1.165, 1.54) is 10.9 Å². The molecule has 1 atom stereocenters. The number of halogens is 2. The molecule has 1 saturated heterocycles. The lowest BCUT2D eigenvalue weighted by atomic mass is 10.2. The average Bonchev–Trinajstić information content (AvgIpc) is 3.24. The molecule has 1 fully saturated rings. The molecule has 0 aliphatic carbocycles. The number of hydrogen-bond acceptors (Lipinski definition) is 4. The van der Waals surface area contributed by atoms with Crippen molar-refractivity contribution in [2.24, 2.45) is 0 Å². The van der Waals surface area contributed by atoms with Crippen LogP contribution in [0.1, 0.15) is 17.7 Å². The van der Waals surface area contributed by atoms with Crippen molar-refractivity contribution in [1.82, 2.24) is 4.90 Å². The quantitative estimate of drug-likeness (QED) is 0.718. The van der Waals surface area contributed by atoms with Gasteiger partial charge in [-0.25, -0.2) is 4.39 Å². The summed E-state index contributed by atoms with van der Waals surface area (Å²) in [6, 6.07) is 8.65. The molecule has 25 heavy (non-hydrogen) atoms. The first-order chi connectivity index (χ1) is 12.1. The van der Waals surface area contributed by atoms with Crippen LogP contribution in [0.5, 0.6) is 0 Å². The van der Waals surface area contributed by atoms with Crippen molar-refractivity contribution >= 4 is 38.9 Å². The molecule has 134 valence electrons. The van der Waals surface area contributed by atoms with E-state index in [2.05, 4.69) is 32.2 Å². The molecule has 1 aliphatic heterocycles. The highest BCUT2D eigenvalue weighted by Gasteiger charge is 2.21. The molecule has 1 aliphatic rings. The standard InChI is InChI=1S/C18H20BrFN2O2S/c19-13-5-6-17(16(20)9-13)21-18(23)12-22(10-14-3-1-7-24-14)11-15-4-2-8-25-15/h2,4-6,8-9,14H,1,3,7,10-12H2,(H,21,23)/t14-/m0/s1. The van der Waals surface area contributed by atoms with Gasteiger partial charge in [0.1, 0.15) is 5.82 Å². The van der Waals surface area contributed by atoms with E-state index in [0.29, 0.717) is 17.6 Å². The Balaban J connectivity index is 1.62. The number of anilines is 1. The largest absolute Gasteiger partial charge is 0.377 e. The van der Waals surface area contributed by atoms with Gasteiger partial charge < -0.3 is 10.1 Å². The van der Waals surface area contributed by atoms with E-state index in [0.717, 1.165) is 19.4 Å². The maximum Gasteiger partial charge on any atom is 0.238 e. The zero-order valence-corrected chi connectivity index (χ0v) is 16.1. The summed E-state index contributed by atoms with van der Waals surface area (Å²) in [5.41, 5.74) is 0.196. The Morgan fingerprint density at radius 2 is 2.32 bits per heavy atom. The topological polar surface area (TPSA) is 41.6 Å². The van der Waals surface area contributed by atoms with E-state index in [1.54, 1.807) is 23.5 Å². The van der Waals surface area contributed by atoms with Crippen molar-refractivity contribution in [3.63, 3.8) is 0 Å². The number of nitrogens with one attached hydrogen (secondary N) is 1. The van der Waals surface area contributed by atoms with Gasteiger partial charge in [0, 0.05) is 29.0 Å². The maximum atomic E-state index is 13.9. The molecule has 1 amide bonds. The highest BCUT2D eigenvalue weighted by atomic mass is 79.9. The van der Waals surface area contributed by atoms with Gasteiger partial charge in [0.05, 0.1) is 18.3 Å². The molecule has 0 saturated carbocycles. The number of rotatable bonds is 7. The Labute approximate surface area is 159 Å². The van der Waals surface area contributed by atoms with Gasteiger partial charge >= 0.3 is 0 Å². The van der Waals surface area contributed by atoms with E-state index in [9.17, 15) is 9.18 Å². The first kappa shape index (κ1) is 18.5. The van der Waals surface area contributed by atoms with Crippen molar-refractivity contribution in [2.75, 3.05) is 25.0 Å². The molecule has 0 bridgehead atoms. The predicted octanol–water partition coefficient (Wildman–Crippen LogP) is 4.27. The summed E-state index contributed by atoms with van der Waals surface area (Å²) >= 11 is 4.88. The smallest absolute Gasteiger partial charge is 0.238 e. The summed E-state index contributed by atoms with van der Waals surface area (Å²) in [7, 11) is 0. The minimum Gasteiger partial charge on any atom is -0.377 e. The van der Waals surface area contributed by atoms with Gasteiger partial charge in [-0.3, -0.25) is 9.69 Å². The van der Waals surface area contributed by atoms with E-state index in [4.69, 9.17) is 4.74 Å². The molecule has 0 spiro atoms.